The number of methoxy groups -OCH3 is 1. The van der Waals surface area contributed by atoms with Crippen molar-refractivity contribution in [3.05, 3.63) is 42.0 Å². The van der Waals surface area contributed by atoms with Crippen LogP contribution in [0.4, 0.5) is 0 Å². The van der Waals surface area contributed by atoms with Crippen LogP contribution < -0.4 is 10.1 Å². The summed E-state index contributed by atoms with van der Waals surface area (Å²) < 4.78 is 10.5. The lowest BCUT2D eigenvalue weighted by Gasteiger charge is -2.17. The maximum atomic E-state index is 11.5. The number of rotatable bonds is 6. The van der Waals surface area contributed by atoms with E-state index in [2.05, 4.69) is 24.4 Å². The number of fused-ring (bicyclic) bond motifs is 1. The molecule has 1 unspecified atom stereocenters. The van der Waals surface area contributed by atoms with E-state index in [-0.39, 0.29) is 5.97 Å². The van der Waals surface area contributed by atoms with Gasteiger partial charge in [-0.3, -0.25) is 0 Å². The summed E-state index contributed by atoms with van der Waals surface area (Å²) in [5, 5.41) is 5.61. The van der Waals surface area contributed by atoms with Gasteiger partial charge >= 0.3 is 5.97 Å². The van der Waals surface area contributed by atoms with Crippen LogP contribution in [0.3, 0.4) is 0 Å². The lowest BCUT2D eigenvalue weighted by atomic mass is 10.0. The van der Waals surface area contributed by atoms with Gasteiger partial charge in [-0.25, -0.2) is 4.79 Å². The molecule has 0 radical (unpaired) electrons. The highest BCUT2D eigenvalue weighted by Gasteiger charge is 2.17. The molecule has 1 atom stereocenters. The third kappa shape index (κ3) is 3.52. The molecule has 4 heteroatoms. The van der Waals surface area contributed by atoms with Gasteiger partial charge in [-0.05, 0) is 30.3 Å². The van der Waals surface area contributed by atoms with E-state index >= 15 is 0 Å². The minimum absolute atomic E-state index is 0.377. The number of hydrogen-bond acceptors (Lipinski definition) is 4. The zero-order chi connectivity index (χ0) is 15.2. The smallest absolute Gasteiger partial charge is 0.346 e. The fourth-order valence-corrected chi connectivity index (χ4v) is 2.26. The third-order valence-corrected chi connectivity index (χ3v) is 3.39. The van der Waals surface area contributed by atoms with Crippen LogP contribution in [0.5, 0.6) is 5.75 Å². The Balaban J connectivity index is 2.39. The number of nitrogens with one attached hydrogen (secondary N) is 1. The zero-order valence-electron chi connectivity index (χ0n) is 12.7. The highest BCUT2D eigenvalue weighted by atomic mass is 16.6. The van der Waals surface area contributed by atoms with Crippen molar-refractivity contribution in [2.24, 2.45) is 0 Å². The Kier molecular flexibility index (Phi) is 5.17. The Labute approximate surface area is 125 Å². The molecular weight excluding hydrogens is 266 g/mol. The maximum absolute atomic E-state index is 11.5. The molecule has 0 spiro atoms. The van der Waals surface area contributed by atoms with E-state index in [1.54, 1.807) is 6.92 Å². The van der Waals surface area contributed by atoms with Gasteiger partial charge in [-0.15, -0.1) is 0 Å². The zero-order valence-corrected chi connectivity index (χ0v) is 12.7. The topological polar surface area (TPSA) is 47.6 Å². The lowest BCUT2D eigenvalue weighted by Crippen LogP contribution is -2.26. The van der Waals surface area contributed by atoms with E-state index in [1.165, 1.54) is 7.11 Å². The van der Waals surface area contributed by atoms with Crippen molar-refractivity contribution in [1.82, 2.24) is 5.32 Å². The van der Waals surface area contributed by atoms with Gasteiger partial charge in [0.15, 0.2) is 6.10 Å². The van der Waals surface area contributed by atoms with Gasteiger partial charge < -0.3 is 14.8 Å². The van der Waals surface area contributed by atoms with E-state index in [0.717, 1.165) is 22.9 Å². The van der Waals surface area contributed by atoms with Gasteiger partial charge in [0.1, 0.15) is 5.75 Å². The molecule has 0 aliphatic rings. The Morgan fingerprint density at radius 2 is 2.00 bits per heavy atom. The molecule has 0 bridgehead atoms. The number of carbonyl (C=O) groups is 1. The summed E-state index contributed by atoms with van der Waals surface area (Å²) >= 11 is 0. The van der Waals surface area contributed by atoms with Gasteiger partial charge in [0.2, 0.25) is 0 Å². The minimum atomic E-state index is -0.628. The quantitative estimate of drug-likeness (QED) is 0.830. The molecule has 2 rings (SSSR count). The summed E-state index contributed by atoms with van der Waals surface area (Å²) in [5.74, 6) is 0.338. The van der Waals surface area contributed by atoms with Crippen LogP contribution in [0.15, 0.2) is 36.4 Å². The number of benzene rings is 2. The molecule has 0 amide bonds. The first-order chi connectivity index (χ1) is 10.2. The van der Waals surface area contributed by atoms with Crippen molar-refractivity contribution in [3.63, 3.8) is 0 Å². The first kappa shape index (κ1) is 15.3. The van der Waals surface area contributed by atoms with Gasteiger partial charge in [-0.2, -0.15) is 0 Å². The van der Waals surface area contributed by atoms with E-state index in [1.807, 2.05) is 24.3 Å². The highest BCUT2D eigenvalue weighted by molar-refractivity contribution is 5.88. The second kappa shape index (κ2) is 7.09. The summed E-state index contributed by atoms with van der Waals surface area (Å²) in [6, 6.07) is 12.1. The molecule has 0 saturated carbocycles. The average molecular weight is 287 g/mol. The van der Waals surface area contributed by atoms with Crippen LogP contribution in [0.1, 0.15) is 19.4 Å². The van der Waals surface area contributed by atoms with Crippen LogP contribution in [0.25, 0.3) is 10.8 Å². The molecule has 0 fully saturated rings. The predicted octanol–water partition coefficient (Wildman–Crippen LogP) is 2.89. The van der Waals surface area contributed by atoms with E-state index in [0.29, 0.717) is 12.3 Å². The molecule has 2 aromatic carbocycles. The second-order valence-corrected chi connectivity index (χ2v) is 4.83. The summed E-state index contributed by atoms with van der Waals surface area (Å²) in [6.07, 6.45) is -0.628. The summed E-state index contributed by atoms with van der Waals surface area (Å²) in [5.41, 5.74) is 1.06. The molecule has 2 aromatic rings. The van der Waals surface area contributed by atoms with Crippen molar-refractivity contribution >= 4 is 16.7 Å². The van der Waals surface area contributed by atoms with Crippen LogP contribution in [-0.2, 0) is 16.1 Å². The molecule has 0 aliphatic heterocycles. The van der Waals surface area contributed by atoms with Gasteiger partial charge in [0.05, 0.1) is 7.11 Å². The first-order valence-electron chi connectivity index (χ1n) is 7.13. The van der Waals surface area contributed by atoms with E-state index < -0.39 is 6.10 Å². The summed E-state index contributed by atoms with van der Waals surface area (Å²) in [6.45, 7) is 5.32. The molecule has 1 N–H and O–H groups in total. The maximum Gasteiger partial charge on any atom is 0.346 e. The largest absolute Gasteiger partial charge is 0.479 e. The SMILES string of the molecule is CCNCc1c(OC(C)C(=O)OC)ccc2ccccc12. The van der Waals surface area contributed by atoms with Crippen molar-refractivity contribution in [1.29, 1.82) is 0 Å². The van der Waals surface area contributed by atoms with Crippen LogP contribution in [0, 0.1) is 0 Å². The lowest BCUT2D eigenvalue weighted by molar-refractivity contribution is -0.147. The molecule has 0 aliphatic carbocycles. The van der Waals surface area contributed by atoms with Crippen molar-refractivity contribution in [3.8, 4) is 5.75 Å². The number of ether oxygens (including phenoxy) is 2. The average Bonchev–Trinajstić information content (AvgIpc) is 2.52. The van der Waals surface area contributed by atoms with Crippen LogP contribution in [0.2, 0.25) is 0 Å². The number of esters is 1. The van der Waals surface area contributed by atoms with Crippen molar-refractivity contribution in [2.75, 3.05) is 13.7 Å². The number of hydrogen-bond donors (Lipinski definition) is 1. The van der Waals surface area contributed by atoms with Gasteiger partial charge in [-0.1, -0.05) is 37.3 Å². The van der Waals surface area contributed by atoms with E-state index in [4.69, 9.17) is 9.47 Å². The Morgan fingerprint density at radius 1 is 1.24 bits per heavy atom. The Morgan fingerprint density at radius 3 is 2.71 bits per heavy atom. The van der Waals surface area contributed by atoms with E-state index in [9.17, 15) is 4.79 Å². The monoisotopic (exact) mass is 287 g/mol. The highest BCUT2D eigenvalue weighted by Crippen LogP contribution is 2.29. The van der Waals surface area contributed by atoms with Crippen LogP contribution >= 0.6 is 0 Å². The van der Waals surface area contributed by atoms with Gasteiger partial charge in [0, 0.05) is 12.1 Å². The minimum Gasteiger partial charge on any atom is -0.479 e. The third-order valence-electron chi connectivity index (χ3n) is 3.39. The Bertz CT molecular complexity index is 624. The molecular formula is C17H21NO3. The normalized spacial score (nSPS) is 12.1. The Hall–Kier alpha value is -2.07. The predicted molar refractivity (Wildman–Crippen MR) is 83.4 cm³/mol. The van der Waals surface area contributed by atoms with Crippen molar-refractivity contribution < 1.29 is 14.3 Å². The first-order valence-corrected chi connectivity index (χ1v) is 7.13. The summed E-state index contributed by atoms with van der Waals surface area (Å²) in [7, 11) is 1.36. The van der Waals surface area contributed by atoms with Gasteiger partial charge in [0.25, 0.3) is 0 Å². The second-order valence-electron chi connectivity index (χ2n) is 4.83. The molecule has 0 saturated heterocycles. The van der Waals surface area contributed by atoms with Crippen LogP contribution in [-0.4, -0.2) is 25.7 Å². The van der Waals surface area contributed by atoms with Crippen molar-refractivity contribution in [2.45, 2.75) is 26.5 Å². The molecule has 21 heavy (non-hydrogen) atoms. The molecule has 0 heterocycles. The standard InChI is InChI=1S/C17H21NO3/c1-4-18-11-15-14-8-6-5-7-13(14)9-10-16(15)21-12(2)17(19)20-3/h5-10,12,18H,4,11H2,1-3H3. The molecule has 112 valence electrons. The number of carbonyl (C=O) groups excluding carboxylic acids is 1. The fraction of sp³-hybridized carbons (Fsp3) is 0.353. The summed E-state index contributed by atoms with van der Waals surface area (Å²) in [4.78, 5) is 11.5. The molecule has 0 aromatic heterocycles. The molecule has 4 nitrogen and oxygen atoms in total. The fourth-order valence-electron chi connectivity index (χ4n) is 2.26.